The lowest BCUT2D eigenvalue weighted by molar-refractivity contribution is 0.200. The summed E-state index contributed by atoms with van der Waals surface area (Å²) in [7, 11) is 0. The van der Waals surface area contributed by atoms with Crippen LogP contribution >= 0.6 is 11.8 Å². The van der Waals surface area contributed by atoms with Crippen LogP contribution in [-0.2, 0) is 0 Å². The van der Waals surface area contributed by atoms with E-state index in [1.807, 2.05) is 0 Å². The molecular weight excluding hydrogens is 276 g/mol. The zero-order chi connectivity index (χ0) is 14.8. The average Bonchev–Trinajstić information content (AvgIpc) is 2.47. The van der Waals surface area contributed by atoms with E-state index in [4.69, 9.17) is 5.73 Å². The third-order valence-electron chi connectivity index (χ3n) is 4.29. The molecule has 0 radical (unpaired) electrons. The largest absolute Gasteiger partial charge is 0.329 e. The number of hydrogen-bond acceptors (Lipinski definition) is 3. The number of benzene rings is 2. The summed E-state index contributed by atoms with van der Waals surface area (Å²) in [6.07, 6.45) is 0. The van der Waals surface area contributed by atoms with Gasteiger partial charge in [-0.1, -0.05) is 56.3 Å². The smallest absolute Gasteiger partial charge is 0.0477 e. The summed E-state index contributed by atoms with van der Waals surface area (Å²) in [5.41, 5.74) is 7.55. The van der Waals surface area contributed by atoms with E-state index < -0.39 is 0 Å². The van der Waals surface area contributed by atoms with Crippen LogP contribution in [0.4, 0.5) is 0 Å². The molecule has 0 saturated carbocycles. The summed E-state index contributed by atoms with van der Waals surface area (Å²) in [6.45, 7) is 7.58. The second-order valence-electron chi connectivity index (χ2n) is 6.03. The van der Waals surface area contributed by atoms with Crippen molar-refractivity contribution in [1.29, 1.82) is 0 Å². The minimum atomic E-state index is 0.321. The summed E-state index contributed by atoms with van der Waals surface area (Å²) < 4.78 is 0. The van der Waals surface area contributed by atoms with E-state index in [9.17, 15) is 0 Å². The Kier molecular flexibility index (Phi) is 4.53. The fraction of sp³-hybridized carbons (Fsp3) is 0.444. The Labute approximate surface area is 131 Å². The molecule has 0 aliphatic carbocycles. The Morgan fingerprint density at radius 2 is 1.76 bits per heavy atom. The topological polar surface area (TPSA) is 29.3 Å². The molecule has 1 saturated heterocycles. The summed E-state index contributed by atoms with van der Waals surface area (Å²) in [4.78, 5) is 2.58. The first-order valence-electron chi connectivity index (χ1n) is 7.76. The molecule has 0 spiro atoms. The first-order valence-corrected chi connectivity index (χ1v) is 8.70. The molecule has 2 N–H and O–H groups in total. The third-order valence-corrected chi connectivity index (χ3v) is 5.52. The Bertz CT molecular complexity index is 598. The van der Waals surface area contributed by atoms with E-state index in [1.165, 1.54) is 16.3 Å². The van der Waals surface area contributed by atoms with E-state index in [-0.39, 0.29) is 0 Å². The van der Waals surface area contributed by atoms with Crippen LogP contribution in [0.15, 0.2) is 42.5 Å². The molecule has 3 unspecified atom stereocenters. The van der Waals surface area contributed by atoms with Crippen LogP contribution < -0.4 is 5.73 Å². The van der Waals surface area contributed by atoms with Gasteiger partial charge in [-0.3, -0.25) is 4.90 Å². The van der Waals surface area contributed by atoms with Gasteiger partial charge in [-0.15, -0.1) is 0 Å². The molecule has 2 nitrogen and oxygen atoms in total. The minimum absolute atomic E-state index is 0.321. The maximum atomic E-state index is 6.17. The highest BCUT2D eigenvalue weighted by atomic mass is 32.2. The van der Waals surface area contributed by atoms with Gasteiger partial charge >= 0.3 is 0 Å². The van der Waals surface area contributed by atoms with E-state index in [2.05, 4.69) is 73.0 Å². The molecule has 3 atom stereocenters. The highest BCUT2D eigenvalue weighted by Crippen LogP contribution is 2.33. The maximum Gasteiger partial charge on any atom is 0.0477 e. The van der Waals surface area contributed by atoms with Gasteiger partial charge < -0.3 is 5.73 Å². The first kappa shape index (κ1) is 14.9. The first-order chi connectivity index (χ1) is 10.2. The molecular formula is C18H24N2S. The second-order valence-corrected chi connectivity index (χ2v) is 7.91. The molecule has 0 amide bonds. The number of nitrogens with two attached hydrogens (primary N) is 1. The van der Waals surface area contributed by atoms with Crippen LogP contribution in [0.5, 0.6) is 0 Å². The van der Waals surface area contributed by atoms with Crippen LogP contribution in [-0.4, -0.2) is 35.0 Å². The van der Waals surface area contributed by atoms with Crippen molar-refractivity contribution >= 4 is 22.5 Å². The van der Waals surface area contributed by atoms with Gasteiger partial charge in [0.2, 0.25) is 0 Å². The average molecular weight is 300 g/mol. The highest BCUT2D eigenvalue weighted by molar-refractivity contribution is 8.00. The number of rotatable bonds is 3. The van der Waals surface area contributed by atoms with Crippen molar-refractivity contribution in [2.75, 3.05) is 19.6 Å². The molecule has 1 fully saturated rings. The molecule has 1 aliphatic heterocycles. The highest BCUT2D eigenvalue weighted by Gasteiger charge is 2.28. The standard InChI is InChI=1S/C18H24N2S/c1-13-11-20(12-14(2)21-13)18(10-19)17-9-5-7-15-6-3-4-8-16(15)17/h3-9,13-14,18H,10-12,19H2,1-2H3. The Morgan fingerprint density at radius 1 is 1.10 bits per heavy atom. The number of thioether (sulfide) groups is 1. The van der Waals surface area contributed by atoms with E-state index in [0.29, 0.717) is 23.1 Å². The predicted octanol–water partition coefficient (Wildman–Crippen LogP) is 3.67. The van der Waals surface area contributed by atoms with Gasteiger partial charge in [0.05, 0.1) is 0 Å². The molecule has 3 rings (SSSR count). The lowest BCUT2D eigenvalue weighted by Crippen LogP contribution is -2.44. The zero-order valence-electron chi connectivity index (χ0n) is 12.8. The van der Waals surface area contributed by atoms with Gasteiger partial charge in [0.15, 0.2) is 0 Å². The van der Waals surface area contributed by atoms with Crippen LogP contribution in [0.1, 0.15) is 25.5 Å². The molecule has 1 aliphatic rings. The predicted molar refractivity (Wildman–Crippen MR) is 93.8 cm³/mol. The van der Waals surface area contributed by atoms with Crippen molar-refractivity contribution < 1.29 is 0 Å². The molecule has 1 heterocycles. The SMILES string of the molecule is CC1CN(C(CN)c2cccc3ccccc23)CC(C)S1. The van der Waals surface area contributed by atoms with Gasteiger partial charge in [0.1, 0.15) is 0 Å². The molecule has 2 aromatic carbocycles. The van der Waals surface area contributed by atoms with E-state index in [0.717, 1.165) is 13.1 Å². The van der Waals surface area contributed by atoms with Crippen LogP contribution in [0.2, 0.25) is 0 Å². The molecule has 21 heavy (non-hydrogen) atoms. The van der Waals surface area contributed by atoms with Crippen LogP contribution in [0, 0.1) is 0 Å². The van der Waals surface area contributed by atoms with Gasteiger partial charge in [0, 0.05) is 36.2 Å². The third kappa shape index (κ3) is 3.10. The Hall–Kier alpha value is -1.03. The summed E-state index contributed by atoms with van der Waals surface area (Å²) >= 11 is 2.09. The molecule has 112 valence electrons. The Balaban J connectivity index is 1.98. The summed E-state index contributed by atoms with van der Waals surface area (Å²) in [5, 5.41) is 4.01. The maximum absolute atomic E-state index is 6.17. The number of nitrogens with zero attached hydrogens (tertiary/aromatic N) is 1. The quantitative estimate of drug-likeness (QED) is 0.938. The monoisotopic (exact) mass is 300 g/mol. The van der Waals surface area contributed by atoms with Crippen molar-refractivity contribution in [2.45, 2.75) is 30.4 Å². The molecule has 0 aromatic heterocycles. The fourth-order valence-electron chi connectivity index (χ4n) is 3.49. The fourth-order valence-corrected chi connectivity index (χ4v) is 4.83. The van der Waals surface area contributed by atoms with Crippen molar-refractivity contribution in [3.05, 3.63) is 48.0 Å². The molecule has 2 aromatic rings. The number of fused-ring (bicyclic) bond motifs is 1. The van der Waals surface area contributed by atoms with E-state index in [1.54, 1.807) is 0 Å². The molecule has 3 heteroatoms. The molecule has 0 bridgehead atoms. The van der Waals surface area contributed by atoms with Gasteiger partial charge in [-0.25, -0.2) is 0 Å². The zero-order valence-corrected chi connectivity index (χ0v) is 13.6. The van der Waals surface area contributed by atoms with Crippen molar-refractivity contribution in [3.8, 4) is 0 Å². The lowest BCUT2D eigenvalue weighted by atomic mass is 9.97. The Morgan fingerprint density at radius 3 is 2.48 bits per heavy atom. The second kappa shape index (κ2) is 6.39. The number of hydrogen-bond donors (Lipinski definition) is 1. The van der Waals surface area contributed by atoms with Crippen LogP contribution in [0.3, 0.4) is 0 Å². The normalized spacial score (nSPS) is 25.1. The van der Waals surface area contributed by atoms with Crippen LogP contribution in [0.25, 0.3) is 10.8 Å². The summed E-state index contributed by atoms with van der Waals surface area (Å²) in [6, 6.07) is 15.5. The van der Waals surface area contributed by atoms with Crippen molar-refractivity contribution in [1.82, 2.24) is 4.90 Å². The van der Waals surface area contributed by atoms with E-state index >= 15 is 0 Å². The van der Waals surface area contributed by atoms with Crippen molar-refractivity contribution in [3.63, 3.8) is 0 Å². The lowest BCUT2D eigenvalue weighted by Gasteiger charge is -2.40. The van der Waals surface area contributed by atoms with Crippen molar-refractivity contribution in [2.24, 2.45) is 5.73 Å². The summed E-state index contributed by atoms with van der Waals surface area (Å²) in [5.74, 6) is 0. The van der Waals surface area contributed by atoms with Gasteiger partial charge in [-0.05, 0) is 16.3 Å². The minimum Gasteiger partial charge on any atom is -0.329 e. The van der Waals surface area contributed by atoms with Gasteiger partial charge in [0.25, 0.3) is 0 Å². The van der Waals surface area contributed by atoms with Gasteiger partial charge in [-0.2, -0.15) is 11.8 Å².